The minimum absolute atomic E-state index is 0.0773. The van der Waals surface area contributed by atoms with E-state index in [0.717, 1.165) is 4.90 Å². The zero-order valence-corrected chi connectivity index (χ0v) is 22.4. The molecule has 0 spiro atoms. The molecule has 0 aromatic rings. The summed E-state index contributed by atoms with van der Waals surface area (Å²) in [6, 6.07) is -7.42. The SMILES string of the molecule is [2H]C([2H])([2H])C1(C([2H])([2H])[2H])[C@@H]2[C@@H](C(=O)NC(C(=O)C(N)=O)C([2H])([2H])C3([2H])C([2H])([2H])C([2H])([2H])C3([2H])[2H])N(C(=O)[C@H](CC(C)(C)C)NC(=O)NC(C)(C)C)C[C@@H]21. The maximum atomic E-state index is 14.4. The predicted molar refractivity (Wildman–Crippen MR) is 144 cm³/mol. The fourth-order valence-corrected chi connectivity index (χ4v) is 4.69. The second kappa shape index (κ2) is 10.5. The van der Waals surface area contributed by atoms with Gasteiger partial charge in [0.25, 0.3) is 5.91 Å². The summed E-state index contributed by atoms with van der Waals surface area (Å²) in [5.41, 5.74) is 1.04. The Labute approximate surface area is 247 Å². The van der Waals surface area contributed by atoms with Crippen LogP contribution in [0.2, 0.25) is 0 Å². The third-order valence-corrected chi connectivity index (χ3v) is 6.42. The van der Waals surface area contributed by atoms with Crippen molar-refractivity contribution < 1.29 is 44.5 Å². The summed E-state index contributed by atoms with van der Waals surface area (Å²) in [6.45, 7) is 2.86. The van der Waals surface area contributed by atoms with Crippen molar-refractivity contribution in [1.29, 1.82) is 0 Å². The lowest BCUT2D eigenvalue weighted by atomic mass is 9.80. The number of nitrogens with two attached hydrogens (primary N) is 1. The van der Waals surface area contributed by atoms with Crippen LogP contribution in [0.4, 0.5) is 4.79 Å². The number of primary amides is 1. The van der Waals surface area contributed by atoms with Gasteiger partial charge in [-0.15, -0.1) is 0 Å². The molecule has 1 heterocycles. The minimum atomic E-state index is -3.99. The van der Waals surface area contributed by atoms with Crippen LogP contribution in [0.5, 0.6) is 0 Å². The van der Waals surface area contributed by atoms with Gasteiger partial charge in [-0.05, 0) is 62.1 Å². The van der Waals surface area contributed by atoms with Crippen molar-refractivity contribution in [3.63, 3.8) is 0 Å². The van der Waals surface area contributed by atoms with Gasteiger partial charge in [0.15, 0.2) is 0 Å². The lowest BCUT2D eigenvalue weighted by molar-refractivity contribution is -0.144. The highest BCUT2D eigenvalue weighted by molar-refractivity contribution is 6.37. The first-order valence-electron chi connectivity index (χ1n) is 19.8. The maximum absolute atomic E-state index is 14.4. The molecule has 1 saturated heterocycles. The molecule has 10 heteroatoms. The van der Waals surface area contributed by atoms with Crippen molar-refractivity contribution in [2.45, 2.75) is 111 Å². The molecule has 5 amide bonds. The summed E-state index contributed by atoms with van der Waals surface area (Å²) in [6.07, 6.45) is -15.0. The van der Waals surface area contributed by atoms with Crippen LogP contribution < -0.4 is 21.7 Å². The smallest absolute Gasteiger partial charge is 0.315 e. The maximum Gasteiger partial charge on any atom is 0.315 e. The van der Waals surface area contributed by atoms with Gasteiger partial charge in [0.1, 0.15) is 12.1 Å². The zero-order chi connectivity index (χ0) is 41.9. The Balaban J connectivity index is 2.21. The molecule has 1 unspecified atom stereocenters. The Morgan fingerprint density at radius 1 is 1.11 bits per heavy atom. The molecule has 3 rings (SSSR count). The summed E-state index contributed by atoms with van der Waals surface area (Å²) in [5, 5.41) is 6.94. The molecule has 2 aliphatic carbocycles. The fourth-order valence-electron chi connectivity index (χ4n) is 4.69. The highest BCUT2D eigenvalue weighted by Crippen LogP contribution is 2.65. The summed E-state index contributed by atoms with van der Waals surface area (Å²) >= 11 is 0. The van der Waals surface area contributed by atoms with Crippen molar-refractivity contribution in [3.8, 4) is 0 Å². The number of likely N-dealkylation sites (tertiary alicyclic amines) is 1. The number of piperidine rings is 1. The normalized spacial score (nSPS) is 37.6. The molecule has 1 aliphatic heterocycles. The van der Waals surface area contributed by atoms with Crippen LogP contribution in [0.15, 0.2) is 0 Å². The number of Topliss-reactive ketones (excluding diaryl/α,β-unsaturated/α-hetero) is 1. The quantitative estimate of drug-likeness (QED) is 0.325. The molecule has 2 saturated carbocycles. The number of hydrogen-bond donors (Lipinski definition) is 4. The molecule has 214 valence electrons. The summed E-state index contributed by atoms with van der Waals surface area (Å²) in [7, 11) is 0. The first-order chi connectivity index (χ1) is 23.2. The van der Waals surface area contributed by atoms with Crippen LogP contribution in [0.3, 0.4) is 0 Å². The number of fused-ring (bicyclic) bond motifs is 1. The predicted octanol–water partition coefficient (Wildman–Crippen LogP) is 2.10. The van der Waals surface area contributed by atoms with Crippen LogP contribution in [0.25, 0.3) is 0 Å². The van der Waals surface area contributed by atoms with E-state index in [1.165, 1.54) is 0 Å². The number of nitrogens with one attached hydrogen (secondary N) is 3. The molecule has 0 aromatic heterocycles. The van der Waals surface area contributed by atoms with Crippen LogP contribution in [0.1, 0.15) is 108 Å². The third kappa shape index (κ3) is 6.86. The van der Waals surface area contributed by atoms with Gasteiger partial charge in [-0.2, -0.15) is 0 Å². The molecule has 0 radical (unpaired) electrons. The average molecular weight is 549 g/mol. The number of urea groups is 1. The molecule has 5 N–H and O–H groups in total. The van der Waals surface area contributed by atoms with Gasteiger partial charge in [0, 0.05) is 32.6 Å². The first kappa shape index (κ1) is 15.2. The molecule has 10 nitrogen and oxygen atoms in total. The largest absolute Gasteiger partial charge is 0.363 e. The van der Waals surface area contributed by atoms with Gasteiger partial charge in [0.05, 0.1) is 6.04 Å². The standard InChI is InChI=1S/C28H47N5O5/c1-26(2,3)13-18(31-25(38)32-27(4,5)6)24(37)33-14-16-19(28(16,7)8)20(33)23(36)30-17(21(34)22(29)35)12-15-10-9-11-15/h15-20H,9-14H2,1-8H3,(H2,29,35)(H,30,36)(H2,31,32,38)/t16-,17?,18-,19-,20-/m0/s1/i7D3,8D3,9D2,10D2,11D2,12D2,15D. The van der Waals surface area contributed by atoms with E-state index in [9.17, 15) is 24.0 Å². The Kier molecular flexibility index (Phi) is 4.20. The van der Waals surface area contributed by atoms with Crippen LogP contribution in [-0.2, 0) is 19.2 Å². The Bertz CT molecular complexity index is 1520. The number of carbonyl (C=O) groups excluding carboxylic acids is 5. The molecule has 38 heavy (non-hydrogen) atoms. The van der Waals surface area contributed by atoms with Gasteiger partial charge in [-0.1, -0.05) is 53.6 Å². The van der Waals surface area contributed by atoms with E-state index in [-0.39, 0.29) is 6.42 Å². The minimum Gasteiger partial charge on any atom is -0.363 e. The van der Waals surface area contributed by atoms with Crippen molar-refractivity contribution in [2.75, 3.05) is 6.54 Å². The van der Waals surface area contributed by atoms with Gasteiger partial charge >= 0.3 is 6.03 Å². The first-order valence-corrected chi connectivity index (χ1v) is 12.3. The second-order valence-corrected chi connectivity index (χ2v) is 12.2. The van der Waals surface area contributed by atoms with Gasteiger partial charge < -0.3 is 26.6 Å². The van der Waals surface area contributed by atoms with Crippen molar-refractivity contribution in [3.05, 3.63) is 0 Å². The molecule has 0 bridgehead atoms. The van der Waals surface area contributed by atoms with Crippen LogP contribution in [-0.4, -0.2) is 64.6 Å². The van der Waals surface area contributed by atoms with E-state index in [4.69, 9.17) is 26.3 Å². The molecule has 3 aliphatic rings. The van der Waals surface area contributed by atoms with Crippen molar-refractivity contribution >= 4 is 29.5 Å². The Morgan fingerprint density at radius 2 is 1.74 bits per heavy atom. The lowest BCUT2D eigenvalue weighted by Crippen LogP contribution is -2.60. The number of ketones is 1. The molecule has 0 aromatic carbocycles. The number of amides is 5. The zero-order valence-electron chi connectivity index (χ0n) is 37.4. The van der Waals surface area contributed by atoms with E-state index in [1.54, 1.807) is 46.9 Å². The van der Waals surface area contributed by atoms with Crippen LogP contribution >= 0.6 is 0 Å². The Morgan fingerprint density at radius 3 is 2.26 bits per heavy atom. The van der Waals surface area contributed by atoms with E-state index in [2.05, 4.69) is 10.6 Å². The average Bonchev–Trinajstić information content (AvgIpc) is 3.46. The lowest BCUT2D eigenvalue weighted by Gasteiger charge is -2.36. The van der Waals surface area contributed by atoms with Gasteiger partial charge in [-0.3, -0.25) is 19.2 Å². The highest BCUT2D eigenvalue weighted by Gasteiger charge is 2.69. The highest BCUT2D eigenvalue weighted by atomic mass is 16.2. The third-order valence-electron chi connectivity index (χ3n) is 6.42. The number of nitrogens with zero attached hydrogens (tertiary/aromatic N) is 1. The summed E-state index contributed by atoms with van der Waals surface area (Å²) in [5.74, 6) is -13.6. The summed E-state index contributed by atoms with van der Waals surface area (Å²) in [4.78, 5) is 67.8. The monoisotopic (exact) mass is 548 g/mol. The molecule has 3 fully saturated rings. The second-order valence-electron chi connectivity index (χ2n) is 12.2. The van der Waals surface area contributed by atoms with Crippen molar-refractivity contribution in [2.24, 2.45) is 34.3 Å². The molecular formula is C28H47N5O5. The number of rotatable bonds is 9. The molecular weight excluding hydrogens is 486 g/mol. The topological polar surface area (TPSA) is 151 Å². The Hall–Kier alpha value is -2.65. The van der Waals surface area contributed by atoms with E-state index in [0.29, 0.717) is 0 Å². The van der Waals surface area contributed by atoms with E-state index < -0.39 is 128 Å². The summed E-state index contributed by atoms with van der Waals surface area (Å²) < 4.78 is 123. The molecule has 5 atom stereocenters. The number of carbonyl (C=O) groups is 5. The van der Waals surface area contributed by atoms with Crippen molar-refractivity contribution in [1.82, 2.24) is 20.9 Å². The van der Waals surface area contributed by atoms with E-state index in [1.807, 2.05) is 0 Å². The number of hydrogen-bond acceptors (Lipinski definition) is 5. The van der Waals surface area contributed by atoms with E-state index >= 15 is 0 Å². The van der Waals surface area contributed by atoms with Crippen LogP contribution in [0, 0.1) is 28.6 Å². The fraction of sp³-hybridized carbons (Fsp3) is 0.821. The van der Waals surface area contributed by atoms with Gasteiger partial charge in [-0.25, -0.2) is 4.79 Å². The van der Waals surface area contributed by atoms with Gasteiger partial charge in [0.2, 0.25) is 17.6 Å².